The molecule has 0 saturated carbocycles. The Morgan fingerprint density at radius 2 is 1.76 bits per heavy atom. The second-order valence-electron chi connectivity index (χ2n) is 7.50. The van der Waals surface area contributed by atoms with E-state index >= 15 is 0 Å². The maximum atomic E-state index is 13.5. The van der Waals surface area contributed by atoms with Crippen molar-refractivity contribution in [1.29, 1.82) is 0 Å². The predicted molar refractivity (Wildman–Crippen MR) is 119 cm³/mol. The van der Waals surface area contributed by atoms with Crippen molar-refractivity contribution in [3.05, 3.63) is 81.7 Å². The summed E-state index contributed by atoms with van der Waals surface area (Å²) in [4.78, 5) is 19.0. The van der Waals surface area contributed by atoms with Crippen LogP contribution in [0.2, 0.25) is 0 Å². The lowest BCUT2D eigenvalue weighted by atomic mass is 10.0. The Hall–Kier alpha value is -2.63. The molecule has 2 aromatic carbocycles. The Morgan fingerprint density at radius 3 is 2.41 bits per heavy atom. The van der Waals surface area contributed by atoms with Crippen molar-refractivity contribution in [3.63, 3.8) is 0 Å². The predicted octanol–water partition coefficient (Wildman–Crippen LogP) is 5.55. The largest absolute Gasteiger partial charge is 0.497 e. The Bertz CT molecular complexity index is 1010. The van der Waals surface area contributed by atoms with E-state index in [1.165, 1.54) is 21.6 Å². The van der Waals surface area contributed by atoms with E-state index < -0.39 is 0 Å². The summed E-state index contributed by atoms with van der Waals surface area (Å²) in [7, 11) is 1.63. The molecule has 1 amide bonds. The third kappa shape index (κ3) is 3.68. The average Bonchev–Trinajstić information content (AvgIpc) is 3.06. The molecule has 0 fully saturated rings. The number of hydrogen-bond donors (Lipinski definition) is 0. The van der Waals surface area contributed by atoms with Gasteiger partial charge in [0, 0.05) is 28.6 Å². The number of aryl methyl sites for hydroxylation is 1. The fraction of sp³-hybridized carbons (Fsp3) is 0.292. The number of ether oxygens (including phenoxy) is 1. The van der Waals surface area contributed by atoms with Crippen LogP contribution in [0.25, 0.3) is 0 Å². The van der Waals surface area contributed by atoms with Gasteiger partial charge in [-0.05, 0) is 56.2 Å². The number of fused-ring (bicyclic) bond motifs is 1. The maximum Gasteiger partial charge on any atom is 0.260 e. The van der Waals surface area contributed by atoms with Crippen LogP contribution in [0.4, 0.5) is 5.00 Å². The molecule has 29 heavy (non-hydrogen) atoms. The first-order valence-electron chi connectivity index (χ1n) is 9.83. The highest BCUT2D eigenvalue weighted by Crippen LogP contribution is 2.41. The second kappa shape index (κ2) is 8.01. The van der Waals surface area contributed by atoms with Crippen molar-refractivity contribution in [2.75, 3.05) is 18.7 Å². The van der Waals surface area contributed by atoms with Crippen molar-refractivity contribution in [1.82, 2.24) is 4.90 Å². The molecule has 1 atom stereocenters. The van der Waals surface area contributed by atoms with E-state index in [-0.39, 0.29) is 11.9 Å². The van der Waals surface area contributed by atoms with Gasteiger partial charge in [0.05, 0.1) is 13.8 Å². The molecule has 0 unspecified atom stereocenters. The van der Waals surface area contributed by atoms with Gasteiger partial charge >= 0.3 is 0 Å². The lowest BCUT2D eigenvalue weighted by Crippen LogP contribution is -2.46. The van der Waals surface area contributed by atoms with E-state index in [0.717, 1.165) is 17.3 Å². The van der Waals surface area contributed by atoms with Crippen LogP contribution in [0.15, 0.2) is 54.6 Å². The zero-order chi connectivity index (χ0) is 20.5. The summed E-state index contributed by atoms with van der Waals surface area (Å²) in [6.45, 7) is 7.95. The van der Waals surface area contributed by atoms with E-state index in [0.29, 0.717) is 12.2 Å². The molecular weight excluding hydrogens is 380 g/mol. The number of carbonyl (C=O) groups excluding carboxylic acids is 1. The van der Waals surface area contributed by atoms with Crippen molar-refractivity contribution in [3.8, 4) is 5.75 Å². The van der Waals surface area contributed by atoms with Crippen LogP contribution in [0.5, 0.6) is 5.75 Å². The van der Waals surface area contributed by atoms with Crippen LogP contribution in [0.1, 0.15) is 44.9 Å². The van der Waals surface area contributed by atoms with Crippen LogP contribution >= 0.6 is 11.3 Å². The minimum Gasteiger partial charge on any atom is -0.497 e. The number of nitrogens with zero attached hydrogens (tertiary/aromatic N) is 2. The number of thiophene rings is 1. The van der Waals surface area contributed by atoms with Gasteiger partial charge in [0.2, 0.25) is 0 Å². The number of amides is 1. The van der Waals surface area contributed by atoms with E-state index in [2.05, 4.69) is 49.9 Å². The summed E-state index contributed by atoms with van der Waals surface area (Å²) in [6.07, 6.45) is 0. The highest BCUT2D eigenvalue weighted by atomic mass is 32.1. The number of rotatable bonds is 4. The number of hydrogen-bond acceptors (Lipinski definition) is 4. The Kier molecular flexibility index (Phi) is 5.43. The topological polar surface area (TPSA) is 32.8 Å². The third-order valence-corrected chi connectivity index (χ3v) is 7.10. The quantitative estimate of drug-likeness (QED) is 0.569. The summed E-state index contributed by atoms with van der Waals surface area (Å²) in [6, 6.07) is 18.1. The number of benzene rings is 2. The van der Waals surface area contributed by atoms with Crippen LogP contribution in [0, 0.1) is 13.8 Å². The summed E-state index contributed by atoms with van der Waals surface area (Å²) in [5.41, 5.74) is 4.50. The normalized spacial score (nSPS) is 15.1. The lowest BCUT2D eigenvalue weighted by molar-refractivity contribution is 0.0943. The molecule has 5 heteroatoms. The molecule has 0 N–H and O–H groups in total. The molecular formula is C24H26N2O2S. The highest BCUT2D eigenvalue weighted by molar-refractivity contribution is 7.16. The molecule has 4 rings (SSSR count). The molecule has 0 spiro atoms. The molecule has 1 aliphatic rings. The van der Waals surface area contributed by atoms with Gasteiger partial charge in [0.15, 0.2) is 0 Å². The third-order valence-electron chi connectivity index (χ3n) is 5.83. The molecule has 150 valence electrons. The first-order chi connectivity index (χ1) is 14.0. The van der Waals surface area contributed by atoms with E-state index in [1.54, 1.807) is 18.4 Å². The molecule has 0 radical (unpaired) electrons. The zero-order valence-corrected chi connectivity index (χ0v) is 18.1. The molecule has 1 aromatic heterocycles. The van der Waals surface area contributed by atoms with Gasteiger partial charge in [0.1, 0.15) is 10.8 Å². The smallest absolute Gasteiger partial charge is 0.260 e. The van der Waals surface area contributed by atoms with Gasteiger partial charge in [-0.25, -0.2) is 0 Å². The Morgan fingerprint density at radius 1 is 1.07 bits per heavy atom. The summed E-state index contributed by atoms with van der Waals surface area (Å²) < 4.78 is 5.24. The minimum atomic E-state index is 0.0279. The van der Waals surface area contributed by atoms with Gasteiger partial charge in [-0.1, -0.05) is 30.3 Å². The average molecular weight is 407 g/mol. The van der Waals surface area contributed by atoms with Crippen LogP contribution < -0.4 is 9.64 Å². The van der Waals surface area contributed by atoms with Gasteiger partial charge in [-0.3, -0.25) is 14.6 Å². The van der Waals surface area contributed by atoms with Crippen LogP contribution in [-0.2, 0) is 6.54 Å². The molecule has 0 bridgehead atoms. The highest BCUT2D eigenvalue weighted by Gasteiger charge is 2.33. The first kappa shape index (κ1) is 19.7. The first-order valence-corrected chi connectivity index (χ1v) is 10.6. The van der Waals surface area contributed by atoms with E-state index in [1.807, 2.05) is 35.2 Å². The number of methoxy groups -OCH3 is 1. The van der Waals surface area contributed by atoms with Crippen LogP contribution in [0.3, 0.4) is 0 Å². The SMILES string of the molecule is COc1ccc(C(=O)N2CN([C@@H](C)c3ccccc3)Cc3c2sc(C)c3C)cc1. The minimum absolute atomic E-state index is 0.0279. The molecule has 3 aromatic rings. The summed E-state index contributed by atoms with van der Waals surface area (Å²) in [5, 5.41) is 1.08. The fourth-order valence-electron chi connectivity index (χ4n) is 3.81. The van der Waals surface area contributed by atoms with Crippen molar-refractivity contribution in [2.24, 2.45) is 0 Å². The summed E-state index contributed by atoms with van der Waals surface area (Å²) in [5.74, 6) is 0.781. The second-order valence-corrected chi connectivity index (χ2v) is 8.71. The molecule has 1 aliphatic heterocycles. The van der Waals surface area contributed by atoms with Gasteiger partial charge in [0.25, 0.3) is 5.91 Å². The van der Waals surface area contributed by atoms with Crippen molar-refractivity contribution in [2.45, 2.75) is 33.4 Å². The van der Waals surface area contributed by atoms with Crippen LogP contribution in [-0.4, -0.2) is 24.6 Å². The van der Waals surface area contributed by atoms with E-state index in [9.17, 15) is 4.79 Å². The van der Waals surface area contributed by atoms with Gasteiger partial charge in [-0.15, -0.1) is 11.3 Å². The molecule has 0 saturated heterocycles. The molecule has 2 heterocycles. The maximum absolute atomic E-state index is 13.5. The van der Waals surface area contributed by atoms with Gasteiger partial charge < -0.3 is 4.74 Å². The van der Waals surface area contributed by atoms with E-state index in [4.69, 9.17) is 4.74 Å². The Balaban J connectivity index is 1.70. The standard InChI is InChI=1S/C24H26N2O2S/c1-16-18(3)29-24-22(16)14-25(17(2)19-8-6-5-7-9-19)15-26(24)23(27)20-10-12-21(28-4)13-11-20/h5-13,17H,14-15H2,1-4H3/t17-/m0/s1. The number of carbonyl (C=O) groups is 1. The van der Waals surface area contributed by atoms with Gasteiger partial charge in [-0.2, -0.15) is 0 Å². The Labute approximate surface area is 176 Å². The lowest BCUT2D eigenvalue weighted by Gasteiger charge is -2.39. The monoisotopic (exact) mass is 406 g/mol. The zero-order valence-electron chi connectivity index (χ0n) is 17.3. The molecule has 4 nitrogen and oxygen atoms in total. The van der Waals surface area contributed by atoms with Crippen molar-refractivity contribution < 1.29 is 9.53 Å². The fourth-order valence-corrected chi connectivity index (χ4v) is 4.96. The number of anilines is 1. The molecule has 0 aliphatic carbocycles. The van der Waals surface area contributed by atoms with Crippen molar-refractivity contribution >= 4 is 22.2 Å². The summed E-state index contributed by atoms with van der Waals surface area (Å²) >= 11 is 1.72.